The van der Waals surface area contributed by atoms with Gasteiger partial charge in [0.25, 0.3) is 0 Å². The molecule has 0 amide bonds. The second-order valence-corrected chi connectivity index (χ2v) is 4.17. The third kappa shape index (κ3) is 2.04. The molecule has 2 aromatic rings. The van der Waals surface area contributed by atoms with Crippen LogP contribution in [0.3, 0.4) is 0 Å². The molecule has 0 radical (unpaired) electrons. The summed E-state index contributed by atoms with van der Waals surface area (Å²) in [5, 5.41) is 0. The first-order chi connectivity index (χ1) is 7.72. The Hall–Kier alpha value is -1.48. The number of hydrogen-bond acceptors (Lipinski definition) is 2. The van der Waals surface area contributed by atoms with Gasteiger partial charge in [-0.05, 0) is 18.9 Å². The van der Waals surface area contributed by atoms with Gasteiger partial charge in [-0.2, -0.15) is 0 Å². The van der Waals surface area contributed by atoms with Crippen molar-refractivity contribution in [2.24, 2.45) is 0 Å². The zero-order valence-corrected chi connectivity index (χ0v) is 10.3. The molecule has 2 nitrogen and oxygen atoms in total. The fourth-order valence-corrected chi connectivity index (χ4v) is 2.03. The maximum atomic E-state index is 5.23. The number of nitrogens with zero attached hydrogens (tertiary/aromatic N) is 1. The average molecular weight is 230 g/mol. The van der Waals surface area contributed by atoms with Crippen LogP contribution in [0, 0.1) is 11.6 Å². The van der Waals surface area contributed by atoms with Gasteiger partial charge in [0.15, 0.2) is 0 Å². The summed E-state index contributed by atoms with van der Waals surface area (Å²) in [6.45, 7) is 4.18. The van der Waals surface area contributed by atoms with Gasteiger partial charge in [-0.25, -0.2) is 4.98 Å². The third-order valence-corrected chi connectivity index (χ3v) is 3.00. The lowest BCUT2D eigenvalue weighted by Gasteiger charge is -2.07. The molecule has 1 N–H and O–H groups in total. The first kappa shape index (κ1) is 11.0. The van der Waals surface area contributed by atoms with E-state index in [1.165, 1.54) is 5.56 Å². The van der Waals surface area contributed by atoms with Crippen molar-refractivity contribution < 1.29 is 0 Å². The Bertz CT molecular complexity index is 541. The van der Waals surface area contributed by atoms with Crippen LogP contribution in [0.15, 0.2) is 30.6 Å². The average Bonchev–Trinajstić information content (AvgIpc) is 2.30. The minimum absolute atomic E-state index is 0.692. The summed E-state index contributed by atoms with van der Waals surface area (Å²) in [4.78, 5) is 7.30. The van der Waals surface area contributed by atoms with E-state index in [1.54, 1.807) is 6.33 Å². The van der Waals surface area contributed by atoms with Gasteiger partial charge < -0.3 is 4.98 Å². The molecule has 16 heavy (non-hydrogen) atoms. The van der Waals surface area contributed by atoms with E-state index in [1.807, 2.05) is 0 Å². The van der Waals surface area contributed by atoms with E-state index in [4.69, 9.17) is 12.2 Å². The summed E-state index contributed by atoms with van der Waals surface area (Å²) in [6, 6.07) is 8.42. The smallest absolute Gasteiger partial charge is 0.133 e. The normalized spacial score (nSPS) is 10.4. The number of rotatable bonds is 2. The van der Waals surface area contributed by atoms with Crippen LogP contribution in [-0.2, 0) is 6.42 Å². The Morgan fingerprint density at radius 1 is 1.25 bits per heavy atom. The first-order valence-corrected chi connectivity index (χ1v) is 5.76. The molecule has 1 heterocycles. The molecular formula is C13H14N2S. The van der Waals surface area contributed by atoms with Gasteiger partial charge in [0, 0.05) is 5.56 Å². The lowest BCUT2D eigenvalue weighted by atomic mass is 10.0. The van der Waals surface area contributed by atoms with Crippen molar-refractivity contribution in [1.82, 2.24) is 9.97 Å². The predicted molar refractivity (Wildman–Crippen MR) is 69.0 cm³/mol. The quantitative estimate of drug-likeness (QED) is 0.797. The Balaban J connectivity index is 2.60. The van der Waals surface area contributed by atoms with Crippen LogP contribution in [0.5, 0.6) is 0 Å². The molecule has 0 aliphatic heterocycles. The molecule has 0 fully saturated rings. The Kier molecular flexibility index (Phi) is 3.15. The highest BCUT2D eigenvalue weighted by atomic mass is 32.1. The van der Waals surface area contributed by atoms with Crippen molar-refractivity contribution in [3.05, 3.63) is 46.4 Å². The summed E-state index contributed by atoms with van der Waals surface area (Å²) in [7, 11) is 0. The Morgan fingerprint density at radius 3 is 2.56 bits per heavy atom. The van der Waals surface area contributed by atoms with Gasteiger partial charge >= 0.3 is 0 Å². The highest BCUT2D eigenvalue weighted by Crippen LogP contribution is 2.22. The second kappa shape index (κ2) is 4.58. The molecule has 0 unspecified atom stereocenters. The number of aromatic nitrogens is 2. The minimum Gasteiger partial charge on any atom is -0.346 e. The number of hydrogen-bond donors (Lipinski definition) is 1. The number of nitrogens with one attached hydrogen (secondary N) is 1. The van der Waals surface area contributed by atoms with Crippen LogP contribution in [0.4, 0.5) is 0 Å². The minimum atomic E-state index is 0.692. The largest absolute Gasteiger partial charge is 0.346 e. The van der Waals surface area contributed by atoms with Gasteiger partial charge in [-0.1, -0.05) is 49.0 Å². The topological polar surface area (TPSA) is 28.7 Å². The van der Waals surface area contributed by atoms with Gasteiger partial charge in [0.2, 0.25) is 0 Å². The van der Waals surface area contributed by atoms with Crippen molar-refractivity contribution in [3.8, 4) is 11.3 Å². The molecule has 0 bridgehead atoms. The molecule has 82 valence electrons. The predicted octanol–water partition coefficient (Wildman–Crippen LogP) is 3.68. The zero-order chi connectivity index (χ0) is 11.5. The summed E-state index contributed by atoms with van der Waals surface area (Å²) >= 11 is 5.23. The fraction of sp³-hybridized carbons (Fsp3) is 0.231. The number of benzene rings is 1. The summed E-state index contributed by atoms with van der Waals surface area (Å²) in [5.74, 6) is 0. The zero-order valence-electron chi connectivity index (χ0n) is 9.45. The van der Waals surface area contributed by atoms with Crippen molar-refractivity contribution in [1.29, 1.82) is 0 Å². The number of aromatic amines is 1. The molecule has 3 heteroatoms. The molecular weight excluding hydrogens is 216 g/mol. The molecule has 0 spiro atoms. The Morgan fingerprint density at radius 2 is 1.94 bits per heavy atom. The maximum Gasteiger partial charge on any atom is 0.133 e. The van der Waals surface area contributed by atoms with E-state index in [0.717, 1.165) is 23.2 Å². The van der Waals surface area contributed by atoms with E-state index < -0.39 is 0 Å². The van der Waals surface area contributed by atoms with Crippen LogP contribution in [-0.4, -0.2) is 9.97 Å². The first-order valence-electron chi connectivity index (χ1n) is 5.36. The van der Waals surface area contributed by atoms with E-state index >= 15 is 0 Å². The molecule has 2 rings (SSSR count). The van der Waals surface area contributed by atoms with Gasteiger partial charge in [0.05, 0.1) is 12.0 Å². The lowest BCUT2D eigenvalue weighted by Crippen LogP contribution is -1.95. The number of H-pyrrole nitrogens is 1. The molecule has 1 aromatic heterocycles. The van der Waals surface area contributed by atoms with E-state index in [2.05, 4.69) is 48.1 Å². The number of aryl methyl sites for hydroxylation is 1. The summed E-state index contributed by atoms with van der Waals surface area (Å²) in [6.07, 6.45) is 2.56. The molecule has 0 aliphatic rings. The van der Waals surface area contributed by atoms with Crippen LogP contribution in [0.2, 0.25) is 0 Å². The van der Waals surface area contributed by atoms with Crippen molar-refractivity contribution >= 4 is 12.2 Å². The molecule has 0 atom stereocenters. The highest BCUT2D eigenvalue weighted by Gasteiger charge is 2.05. The van der Waals surface area contributed by atoms with Gasteiger partial charge in [-0.15, -0.1) is 0 Å². The van der Waals surface area contributed by atoms with Gasteiger partial charge in [-0.3, -0.25) is 0 Å². The van der Waals surface area contributed by atoms with Gasteiger partial charge in [0.1, 0.15) is 4.64 Å². The Labute approximate surface area is 100 Å². The monoisotopic (exact) mass is 230 g/mol. The molecule has 0 saturated heterocycles. The lowest BCUT2D eigenvalue weighted by molar-refractivity contribution is 1.04. The second-order valence-electron chi connectivity index (χ2n) is 3.78. The van der Waals surface area contributed by atoms with E-state index in [0.29, 0.717) is 4.64 Å². The third-order valence-electron chi connectivity index (χ3n) is 2.64. The fourth-order valence-electron chi connectivity index (χ4n) is 1.73. The molecule has 1 aromatic carbocycles. The van der Waals surface area contributed by atoms with Crippen molar-refractivity contribution in [2.45, 2.75) is 20.3 Å². The highest BCUT2D eigenvalue weighted by molar-refractivity contribution is 7.71. The van der Waals surface area contributed by atoms with Crippen molar-refractivity contribution in [2.75, 3.05) is 0 Å². The van der Waals surface area contributed by atoms with Crippen LogP contribution in [0.1, 0.15) is 18.1 Å². The van der Waals surface area contributed by atoms with Crippen LogP contribution >= 0.6 is 12.2 Å². The standard InChI is InChI=1S/C13H14N2S/c1-3-11-12(14-8-15-13(11)16)10-6-4-9(2)5-7-10/h4-8H,3H2,1-2H3,(H,14,15,16). The van der Waals surface area contributed by atoms with Crippen LogP contribution < -0.4 is 0 Å². The molecule has 0 saturated carbocycles. The van der Waals surface area contributed by atoms with Crippen LogP contribution in [0.25, 0.3) is 11.3 Å². The summed E-state index contributed by atoms with van der Waals surface area (Å²) < 4.78 is 0.692. The SMILES string of the molecule is CCc1c(-c2ccc(C)cc2)[nH]cnc1=S. The summed E-state index contributed by atoms with van der Waals surface area (Å²) in [5.41, 5.74) is 4.62. The van der Waals surface area contributed by atoms with E-state index in [9.17, 15) is 0 Å². The maximum absolute atomic E-state index is 5.23. The van der Waals surface area contributed by atoms with Crippen molar-refractivity contribution in [3.63, 3.8) is 0 Å². The van der Waals surface area contributed by atoms with E-state index in [-0.39, 0.29) is 0 Å². The molecule has 0 aliphatic carbocycles.